The maximum absolute atomic E-state index is 13.7. The van der Waals surface area contributed by atoms with Gasteiger partial charge in [0, 0.05) is 7.11 Å². The molecule has 0 amide bonds. The smallest absolute Gasteiger partial charge is 0.423 e. The quantitative estimate of drug-likeness (QED) is 0.0427. The molecule has 0 aliphatic rings. The van der Waals surface area contributed by atoms with Gasteiger partial charge in [0.05, 0.1) is 159 Å². The van der Waals surface area contributed by atoms with E-state index in [1.165, 1.54) is 0 Å². The predicted molar refractivity (Wildman–Crippen MR) is 185 cm³/mol. The van der Waals surface area contributed by atoms with Crippen LogP contribution in [-0.2, 0) is 86.4 Å². The van der Waals surface area contributed by atoms with Gasteiger partial charge in [0.25, 0.3) is 6.36 Å². The van der Waals surface area contributed by atoms with Crippen LogP contribution in [0.1, 0.15) is 0 Å². The Morgan fingerprint density at radius 3 is 0.903 bits per heavy atom. The van der Waals surface area contributed by atoms with Gasteiger partial charge in [-0.2, -0.15) is 39.5 Å². The van der Waals surface area contributed by atoms with E-state index < -0.39 is 62.6 Å². The summed E-state index contributed by atoms with van der Waals surface area (Å²) in [7, 11) is -13.4. The SMILES string of the molecule is COCCOCCOCCOCCOCCOCCOCCOCCOCCOCCOCCOCCOC(F)(F)C(F)OC(F)(F)C(F)(F)S(=O)(=O)[N-]S(=O)(=O)C(F)(F)F.[Li+]. The summed E-state index contributed by atoms with van der Waals surface area (Å²) in [5.41, 5.74) is -6.64. The van der Waals surface area contributed by atoms with Gasteiger partial charge in [0.2, 0.25) is 0 Å². The Morgan fingerprint density at radius 2 is 0.661 bits per heavy atom. The second kappa shape index (κ2) is 35.4. The number of hydrogen-bond acceptors (Lipinski definition) is 18. The fraction of sp³-hybridized carbons (Fsp3) is 1.00. The third-order valence-electron chi connectivity index (χ3n) is 6.34. The second-order valence-electron chi connectivity index (χ2n) is 11.1. The van der Waals surface area contributed by atoms with Crippen molar-refractivity contribution in [2.24, 2.45) is 0 Å². The zero-order valence-electron chi connectivity index (χ0n) is 33.9. The molecule has 0 aromatic rings. The first-order valence-electron chi connectivity index (χ1n) is 17.9. The van der Waals surface area contributed by atoms with Crippen molar-refractivity contribution in [2.75, 3.05) is 166 Å². The summed E-state index contributed by atoms with van der Waals surface area (Å²) >= 11 is 0. The first-order chi connectivity index (χ1) is 28.6. The first kappa shape index (κ1) is 63.3. The Hall–Kier alpha value is -0.803. The van der Waals surface area contributed by atoms with Crippen molar-refractivity contribution in [2.45, 2.75) is 29.3 Å². The summed E-state index contributed by atoms with van der Waals surface area (Å²) in [4.78, 5) is 0. The predicted octanol–water partition coefficient (Wildman–Crippen LogP) is -0.520. The van der Waals surface area contributed by atoms with Crippen LogP contribution in [0, 0.1) is 0 Å². The number of rotatable bonds is 44. The largest absolute Gasteiger partial charge is 1.00 e. The van der Waals surface area contributed by atoms with Gasteiger partial charge in [-0.05, 0) is 0 Å². The van der Waals surface area contributed by atoms with E-state index in [1.54, 1.807) is 7.11 Å². The molecule has 0 radical (unpaired) electrons. The minimum absolute atomic E-state index is 0. The van der Waals surface area contributed by atoms with Gasteiger partial charge in [0.15, 0.2) is 20.0 Å². The van der Waals surface area contributed by atoms with Crippen molar-refractivity contribution in [3.63, 3.8) is 0 Å². The zero-order valence-corrected chi connectivity index (χ0v) is 35.6. The minimum atomic E-state index is -7.71. The molecule has 1 atom stereocenters. The van der Waals surface area contributed by atoms with E-state index >= 15 is 0 Å². The third kappa shape index (κ3) is 29.7. The number of hydrogen-bond donors (Lipinski definition) is 0. The Bertz CT molecular complexity index is 1300. The molecule has 0 aliphatic heterocycles. The van der Waals surface area contributed by atoms with Crippen molar-refractivity contribution in [1.82, 2.24) is 0 Å². The van der Waals surface area contributed by atoms with Crippen molar-refractivity contribution in [3.8, 4) is 0 Å². The van der Waals surface area contributed by atoms with Gasteiger partial charge >= 0.3 is 41.8 Å². The molecular formula is C30H52F10LiNO18S2. The summed E-state index contributed by atoms with van der Waals surface area (Å²) in [6.45, 7) is 5.02. The van der Waals surface area contributed by atoms with Gasteiger partial charge in [-0.25, -0.2) is 21.2 Å². The molecule has 62 heavy (non-hydrogen) atoms. The molecule has 0 fully saturated rings. The molecule has 0 heterocycles. The minimum Gasteiger partial charge on any atom is -0.423 e. The third-order valence-corrected chi connectivity index (χ3v) is 9.38. The summed E-state index contributed by atoms with van der Waals surface area (Å²) < 4.78 is 246. The molecule has 19 nitrogen and oxygen atoms in total. The van der Waals surface area contributed by atoms with E-state index in [4.69, 9.17) is 56.8 Å². The summed E-state index contributed by atoms with van der Waals surface area (Å²) in [5.74, 6) is 0. The molecule has 0 spiro atoms. The Morgan fingerprint density at radius 1 is 0.419 bits per heavy atom. The first-order valence-corrected chi connectivity index (χ1v) is 20.8. The van der Waals surface area contributed by atoms with Gasteiger partial charge in [-0.15, -0.1) is 0 Å². The van der Waals surface area contributed by atoms with Crippen LogP contribution in [0.2, 0.25) is 0 Å². The van der Waals surface area contributed by atoms with Crippen LogP contribution in [0.5, 0.6) is 0 Å². The van der Waals surface area contributed by atoms with E-state index in [-0.39, 0.29) is 58.5 Å². The molecule has 0 aromatic carbocycles. The average Bonchev–Trinajstić information content (AvgIpc) is 3.16. The number of methoxy groups -OCH3 is 1. The fourth-order valence-electron chi connectivity index (χ4n) is 3.38. The Labute approximate surface area is 364 Å². The fourth-order valence-corrected chi connectivity index (χ4v) is 5.48. The Kier molecular flexibility index (Phi) is 36.1. The molecular weight excluding hydrogens is 923 g/mol. The van der Waals surface area contributed by atoms with Gasteiger partial charge in [-0.1, -0.05) is 0 Å². The van der Waals surface area contributed by atoms with Crippen molar-refractivity contribution in [3.05, 3.63) is 4.13 Å². The van der Waals surface area contributed by atoms with E-state index in [1.807, 2.05) is 0 Å². The van der Waals surface area contributed by atoms with Crippen LogP contribution in [0.3, 0.4) is 0 Å². The average molecular weight is 976 g/mol. The summed E-state index contributed by atoms with van der Waals surface area (Å²) in [6.07, 6.45) is -17.2. The molecule has 0 aromatic heterocycles. The van der Waals surface area contributed by atoms with Gasteiger partial charge < -0.3 is 65.7 Å². The maximum Gasteiger partial charge on any atom is 1.00 e. The molecule has 0 aliphatic carbocycles. The molecule has 0 saturated carbocycles. The molecule has 0 saturated heterocycles. The van der Waals surface area contributed by atoms with Gasteiger partial charge in [-0.3, -0.25) is 4.74 Å². The molecule has 0 N–H and O–H groups in total. The van der Waals surface area contributed by atoms with E-state index in [9.17, 15) is 60.7 Å². The van der Waals surface area contributed by atoms with E-state index in [2.05, 4.69) is 9.47 Å². The van der Waals surface area contributed by atoms with Crippen molar-refractivity contribution in [1.29, 1.82) is 0 Å². The molecule has 1 unspecified atom stereocenters. The van der Waals surface area contributed by atoms with Crippen LogP contribution in [0.25, 0.3) is 4.13 Å². The van der Waals surface area contributed by atoms with Crippen LogP contribution in [-0.4, -0.2) is 212 Å². The maximum atomic E-state index is 13.7. The number of alkyl halides is 10. The van der Waals surface area contributed by atoms with Crippen LogP contribution in [0.4, 0.5) is 43.9 Å². The molecule has 0 rings (SSSR count). The van der Waals surface area contributed by atoms with Crippen LogP contribution in [0.15, 0.2) is 0 Å². The number of nitrogens with zero attached hydrogens (tertiary/aromatic N) is 1. The zero-order chi connectivity index (χ0) is 46.2. The van der Waals surface area contributed by atoms with E-state index in [0.717, 1.165) is 0 Å². The van der Waals surface area contributed by atoms with E-state index in [0.29, 0.717) is 110 Å². The number of halogens is 10. The van der Waals surface area contributed by atoms with Crippen LogP contribution >= 0.6 is 0 Å². The van der Waals surface area contributed by atoms with Crippen LogP contribution < -0.4 is 18.9 Å². The summed E-state index contributed by atoms with van der Waals surface area (Å²) in [6, 6.07) is 0. The molecule has 0 bridgehead atoms. The molecule has 368 valence electrons. The van der Waals surface area contributed by atoms with Gasteiger partial charge in [0.1, 0.15) is 0 Å². The summed E-state index contributed by atoms with van der Waals surface area (Å²) in [5, 5.41) is -7.08. The standard InChI is InChI=1S/C30H52F10NO18S2.Li/c1-46-2-3-47-4-5-48-6-7-49-8-9-50-10-11-51-12-13-52-14-15-53-16-17-54-18-19-55-20-21-56-22-23-57-24-25-58-27(32,33)26(31)59-28(34,35)29(36,37)60(42,43)41-61(44,45)30(38,39)40;/h26H,2-25H2,1H3;/q-1;+1. The second-order valence-corrected chi connectivity index (χ2v) is 14.5. The number of sulfonamides is 2. The number of ether oxygens (including phenoxy) is 14. The monoisotopic (exact) mass is 975 g/mol. The van der Waals surface area contributed by atoms with Crippen molar-refractivity contribution >= 4 is 20.0 Å². The topological polar surface area (TPSA) is 212 Å². The molecule has 32 heteroatoms. The van der Waals surface area contributed by atoms with Crippen molar-refractivity contribution < 1.29 is 146 Å². The Balaban J connectivity index is 0. The normalized spacial score (nSPS) is 13.7.